The molecule has 0 aromatic heterocycles. The van der Waals surface area contributed by atoms with Gasteiger partial charge in [-0.05, 0) is 18.2 Å². The van der Waals surface area contributed by atoms with Gasteiger partial charge >= 0.3 is 0 Å². The van der Waals surface area contributed by atoms with E-state index >= 15 is 0 Å². The van der Waals surface area contributed by atoms with Crippen LogP contribution >= 0.6 is 11.6 Å². The van der Waals surface area contributed by atoms with Crippen molar-refractivity contribution >= 4 is 27.5 Å². The van der Waals surface area contributed by atoms with Crippen molar-refractivity contribution in [2.75, 3.05) is 32.4 Å². The molecule has 1 amide bonds. The van der Waals surface area contributed by atoms with Crippen LogP contribution in [-0.2, 0) is 10.0 Å². The van der Waals surface area contributed by atoms with Gasteiger partial charge in [0.1, 0.15) is 5.82 Å². The molecule has 0 bridgehead atoms. The summed E-state index contributed by atoms with van der Waals surface area (Å²) >= 11 is 5.72. The number of benzene rings is 1. The molecule has 0 radical (unpaired) electrons. The van der Waals surface area contributed by atoms with Gasteiger partial charge in [-0.2, -0.15) is 4.31 Å². The smallest absolute Gasteiger partial charge is 0.254 e. The van der Waals surface area contributed by atoms with Gasteiger partial charge in [-0.3, -0.25) is 4.79 Å². The summed E-state index contributed by atoms with van der Waals surface area (Å²) in [7, 11) is -3.24. The van der Waals surface area contributed by atoms with Crippen molar-refractivity contribution in [2.45, 2.75) is 0 Å². The summed E-state index contributed by atoms with van der Waals surface area (Å²) < 4.78 is 37.3. The molecule has 110 valence electrons. The number of sulfonamides is 1. The van der Waals surface area contributed by atoms with Crippen molar-refractivity contribution in [3.8, 4) is 0 Å². The predicted molar refractivity (Wildman–Crippen MR) is 73.7 cm³/mol. The van der Waals surface area contributed by atoms with Crippen molar-refractivity contribution in [1.82, 2.24) is 9.21 Å². The lowest BCUT2D eigenvalue weighted by Gasteiger charge is -2.33. The van der Waals surface area contributed by atoms with Crippen LogP contribution in [0.2, 0.25) is 5.02 Å². The Morgan fingerprint density at radius 2 is 1.80 bits per heavy atom. The molecule has 0 atom stereocenters. The molecule has 1 heterocycles. The molecular formula is C12H14ClFN2O3S. The molecule has 8 heteroatoms. The van der Waals surface area contributed by atoms with Gasteiger partial charge < -0.3 is 4.90 Å². The highest BCUT2D eigenvalue weighted by atomic mass is 35.5. The van der Waals surface area contributed by atoms with E-state index in [1.165, 1.54) is 15.3 Å². The van der Waals surface area contributed by atoms with Gasteiger partial charge in [0.05, 0.1) is 6.26 Å². The van der Waals surface area contributed by atoms with Gasteiger partial charge in [-0.15, -0.1) is 0 Å². The fourth-order valence-electron chi connectivity index (χ4n) is 2.08. The number of hydrogen-bond acceptors (Lipinski definition) is 3. The first kappa shape index (κ1) is 15.2. The lowest BCUT2D eigenvalue weighted by Crippen LogP contribution is -2.50. The normalized spacial score (nSPS) is 17.2. The molecular weight excluding hydrogens is 307 g/mol. The predicted octanol–water partition coefficient (Wildman–Crippen LogP) is 1.20. The van der Waals surface area contributed by atoms with Crippen LogP contribution in [0.25, 0.3) is 0 Å². The van der Waals surface area contributed by atoms with Gasteiger partial charge in [0, 0.05) is 36.8 Å². The maximum Gasteiger partial charge on any atom is 0.254 e. The summed E-state index contributed by atoms with van der Waals surface area (Å²) in [6.07, 6.45) is 1.14. The Morgan fingerprint density at radius 1 is 1.20 bits per heavy atom. The van der Waals surface area contributed by atoms with Crippen LogP contribution in [0.5, 0.6) is 0 Å². The molecule has 0 aliphatic carbocycles. The molecule has 0 unspecified atom stereocenters. The van der Waals surface area contributed by atoms with Crippen molar-refractivity contribution in [3.63, 3.8) is 0 Å². The molecule has 1 aromatic carbocycles. The maximum absolute atomic E-state index is 13.2. The average Bonchev–Trinajstić information content (AvgIpc) is 2.36. The first-order valence-corrected chi connectivity index (χ1v) is 8.20. The first-order chi connectivity index (χ1) is 9.27. The first-order valence-electron chi connectivity index (χ1n) is 5.98. The highest BCUT2D eigenvalue weighted by molar-refractivity contribution is 7.88. The van der Waals surface area contributed by atoms with E-state index in [0.29, 0.717) is 0 Å². The SMILES string of the molecule is CS(=O)(=O)N1CCN(C(=O)c2cc(F)cc(Cl)c2)CC1. The quantitative estimate of drug-likeness (QED) is 0.822. The van der Waals surface area contributed by atoms with E-state index in [0.717, 1.165) is 18.4 Å². The van der Waals surface area contributed by atoms with Gasteiger partial charge in [0.15, 0.2) is 0 Å². The molecule has 1 aliphatic rings. The summed E-state index contributed by atoms with van der Waals surface area (Å²) in [5.41, 5.74) is 0.169. The highest BCUT2D eigenvalue weighted by Crippen LogP contribution is 2.17. The zero-order valence-corrected chi connectivity index (χ0v) is 12.4. The third-order valence-electron chi connectivity index (χ3n) is 3.10. The van der Waals surface area contributed by atoms with Gasteiger partial charge in [0.25, 0.3) is 5.91 Å². The Bertz CT molecular complexity index is 607. The number of rotatable bonds is 2. The Labute approximate surface area is 122 Å². The van der Waals surface area contributed by atoms with Gasteiger partial charge in [0.2, 0.25) is 10.0 Å². The summed E-state index contributed by atoms with van der Waals surface area (Å²) in [5.74, 6) is -0.921. The van der Waals surface area contributed by atoms with E-state index in [4.69, 9.17) is 11.6 Å². The number of piperazine rings is 1. The highest BCUT2D eigenvalue weighted by Gasteiger charge is 2.26. The number of carbonyl (C=O) groups is 1. The molecule has 20 heavy (non-hydrogen) atoms. The minimum absolute atomic E-state index is 0.156. The van der Waals surface area contributed by atoms with E-state index in [9.17, 15) is 17.6 Å². The van der Waals surface area contributed by atoms with Crippen LogP contribution in [0.1, 0.15) is 10.4 Å². The van der Waals surface area contributed by atoms with Crippen LogP contribution in [-0.4, -0.2) is 56.0 Å². The van der Waals surface area contributed by atoms with E-state index in [1.54, 1.807) is 0 Å². The number of hydrogen-bond donors (Lipinski definition) is 0. The lowest BCUT2D eigenvalue weighted by molar-refractivity contribution is 0.0698. The molecule has 1 aliphatic heterocycles. The molecule has 2 rings (SSSR count). The minimum Gasteiger partial charge on any atom is -0.336 e. The summed E-state index contributed by atoms with van der Waals surface area (Å²) in [4.78, 5) is 13.7. The molecule has 0 saturated carbocycles. The Kier molecular flexibility index (Phi) is 4.31. The topological polar surface area (TPSA) is 57.7 Å². The van der Waals surface area contributed by atoms with Crippen LogP contribution in [0.4, 0.5) is 4.39 Å². The minimum atomic E-state index is -3.24. The zero-order chi connectivity index (χ0) is 14.9. The number of nitrogens with zero attached hydrogens (tertiary/aromatic N) is 2. The zero-order valence-electron chi connectivity index (χ0n) is 10.8. The molecule has 1 aromatic rings. The Balaban J connectivity index is 2.09. The second kappa shape index (κ2) is 5.67. The van der Waals surface area contributed by atoms with E-state index in [2.05, 4.69) is 0 Å². The number of amides is 1. The second-order valence-electron chi connectivity index (χ2n) is 4.61. The van der Waals surface area contributed by atoms with Crippen LogP contribution in [0, 0.1) is 5.82 Å². The largest absolute Gasteiger partial charge is 0.336 e. The summed E-state index contributed by atoms with van der Waals surface area (Å²) in [6, 6.07) is 3.65. The fraction of sp³-hybridized carbons (Fsp3) is 0.417. The Morgan fingerprint density at radius 3 is 2.30 bits per heavy atom. The van der Waals surface area contributed by atoms with Crippen LogP contribution < -0.4 is 0 Å². The van der Waals surface area contributed by atoms with Gasteiger partial charge in [-0.1, -0.05) is 11.6 Å². The van der Waals surface area contributed by atoms with Crippen molar-refractivity contribution in [3.05, 3.63) is 34.6 Å². The number of halogens is 2. The van der Waals surface area contributed by atoms with Gasteiger partial charge in [-0.25, -0.2) is 12.8 Å². The Hall–Kier alpha value is -1.18. The molecule has 0 spiro atoms. The van der Waals surface area contributed by atoms with Crippen LogP contribution in [0.15, 0.2) is 18.2 Å². The van der Waals surface area contributed by atoms with E-state index in [-0.39, 0.29) is 42.7 Å². The summed E-state index contributed by atoms with van der Waals surface area (Å²) in [5, 5.41) is 0.156. The monoisotopic (exact) mass is 320 g/mol. The maximum atomic E-state index is 13.2. The van der Waals surface area contributed by atoms with E-state index < -0.39 is 15.8 Å². The average molecular weight is 321 g/mol. The van der Waals surface area contributed by atoms with Crippen LogP contribution in [0.3, 0.4) is 0 Å². The number of carbonyl (C=O) groups excluding carboxylic acids is 1. The van der Waals surface area contributed by atoms with E-state index in [1.807, 2.05) is 0 Å². The lowest BCUT2D eigenvalue weighted by atomic mass is 10.2. The third kappa shape index (κ3) is 3.47. The van der Waals surface area contributed by atoms with Crippen molar-refractivity contribution in [1.29, 1.82) is 0 Å². The second-order valence-corrected chi connectivity index (χ2v) is 7.03. The van der Waals surface area contributed by atoms with Crippen molar-refractivity contribution < 1.29 is 17.6 Å². The van der Waals surface area contributed by atoms with Crippen molar-refractivity contribution in [2.24, 2.45) is 0 Å². The fourth-order valence-corrected chi connectivity index (χ4v) is 3.13. The standard InChI is InChI=1S/C12H14ClFN2O3S/c1-20(18,19)16-4-2-15(3-5-16)12(17)9-6-10(13)8-11(14)7-9/h6-8H,2-5H2,1H3. The molecule has 1 saturated heterocycles. The molecule has 0 N–H and O–H groups in total. The molecule has 1 fully saturated rings. The molecule has 5 nitrogen and oxygen atoms in total. The third-order valence-corrected chi connectivity index (χ3v) is 4.63. The summed E-state index contributed by atoms with van der Waals surface area (Å²) in [6.45, 7) is 1.04.